The number of anilines is 1. The Hall–Kier alpha value is -3.16. The van der Waals surface area contributed by atoms with E-state index in [0.29, 0.717) is 5.56 Å². The van der Waals surface area contributed by atoms with Gasteiger partial charge in [-0.3, -0.25) is 14.9 Å². The highest BCUT2D eigenvalue weighted by Gasteiger charge is 2.10. The summed E-state index contributed by atoms with van der Waals surface area (Å²) in [6.07, 6.45) is 1.20. The molecule has 1 aromatic carbocycles. The fourth-order valence-corrected chi connectivity index (χ4v) is 2.14. The molecule has 0 aliphatic rings. The maximum absolute atomic E-state index is 12.0. The predicted molar refractivity (Wildman–Crippen MR) is 90.4 cm³/mol. The Kier molecular flexibility index (Phi) is 5.67. The summed E-state index contributed by atoms with van der Waals surface area (Å²) in [4.78, 5) is 24.0. The Morgan fingerprint density at radius 1 is 1.25 bits per heavy atom. The van der Waals surface area contributed by atoms with Gasteiger partial charge in [0.2, 0.25) is 0 Å². The van der Waals surface area contributed by atoms with Gasteiger partial charge in [-0.2, -0.15) is 5.10 Å². The number of hydrazone groups is 1. The van der Waals surface area contributed by atoms with Crippen LogP contribution < -0.4 is 10.3 Å². The SMILES string of the molecule is CCN(CC)c1ccc(C(=O)N/N=C/c2ccc([N+](=O)[O-])o2)cc1. The molecule has 1 amide bonds. The average molecular weight is 330 g/mol. The topological polar surface area (TPSA) is 101 Å². The number of nitrogens with one attached hydrogen (secondary N) is 1. The van der Waals surface area contributed by atoms with Crippen molar-refractivity contribution in [3.8, 4) is 0 Å². The van der Waals surface area contributed by atoms with Crippen LogP contribution in [-0.2, 0) is 0 Å². The Balaban J connectivity index is 1.96. The molecule has 0 saturated carbocycles. The van der Waals surface area contributed by atoms with Crippen molar-refractivity contribution in [3.05, 3.63) is 57.8 Å². The largest absolute Gasteiger partial charge is 0.433 e. The second-order valence-electron chi connectivity index (χ2n) is 4.85. The summed E-state index contributed by atoms with van der Waals surface area (Å²) in [5.74, 6) is -0.577. The molecule has 0 spiro atoms. The van der Waals surface area contributed by atoms with Gasteiger partial charge >= 0.3 is 5.88 Å². The molecular formula is C16H18N4O4. The number of hydrogen-bond donors (Lipinski definition) is 1. The van der Waals surface area contributed by atoms with Gasteiger partial charge in [-0.25, -0.2) is 5.43 Å². The lowest BCUT2D eigenvalue weighted by molar-refractivity contribution is -0.402. The molecule has 0 aliphatic carbocycles. The molecule has 8 heteroatoms. The van der Waals surface area contributed by atoms with E-state index in [-0.39, 0.29) is 17.6 Å². The van der Waals surface area contributed by atoms with Gasteiger partial charge in [-0.1, -0.05) is 0 Å². The molecule has 1 aromatic heterocycles. The van der Waals surface area contributed by atoms with E-state index < -0.39 is 4.92 Å². The molecule has 24 heavy (non-hydrogen) atoms. The first-order chi connectivity index (χ1) is 11.5. The number of benzene rings is 1. The fourth-order valence-electron chi connectivity index (χ4n) is 2.14. The zero-order valence-electron chi connectivity index (χ0n) is 13.4. The highest BCUT2D eigenvalue weighted by molar-refractivity contribution is 5.95. The molecule has 0 aliphatic heterocycles. The van der Waals surface area contributed by atoms with Crippen LogP contribution in [0.15, 0.2) is 45.9 Å². The summed E-state index contributed by atoms with van der Waals surface area (Å²) in [6.45, 7) is 5.92. The van der Waals surface area contributed by atoms with Crippen LogP contribution in [0.2, 0.25) is 0 Å². The maximum atomic E-state index is 12.0. The monoisotopic (exact) mass is 330 g/mol. The lowest BCUT2D eigenvalue weighted by atomic mass is 10.2. The van der Waals surface area contributed by atoms with Crippen LogP contribution in [0.5, 0.6) is 0 Å². The summed E-state index contributed by atoms with van der Waals surface area (Å²) in [5.41, 5.74) is 3.86. The lowest BCUT2D eigenvalue weighted by Crippen LogP contribution is -2.22. The van der Waals surface area contributed by atoms with Crippen LogP contribution in [0, 0.1) is 10.1 Å². The molecule has 126 valence electrons. The van der Waals surface area contributed by atoms with E-state index in [4.69, 9.17) is 4.42 Å². The van der Waals surface area contributed by atoms with Crippen LogP contribution in [-0.4, -0.2) is 30.1 Å². The van der Waals surface area contributed by atoms with E-state index >= 15 is 0 Å². The Bertz CT molecular complexity index is 733. The van der Waals surface area contributed by atoms with Crippen LogP contribution in [0.4, 0.5) is 11.6 Å². The van der Waals surface area contributed by atoms with Crippen molar-refractivity contribution >= 4 is 23.7 Å². The predicted octanol–water partition coefficient (Wildman–Crippen LogP) is 2.80. The summed E-state index contributed by atoms with van der Waals surface area (Å²) < 4.78 is 4.89. The number of carbonyl (C=O) groups is 1. The van der Waals surface area contributed by atoms with Crippen molar-refractivity contribution < 1.29 is 14.1 Å². The second kappa shape index (κ2) is 7.91. The molecule has 0 saturated heterocycles. The molecule has 1 N–H and O–H groups in total. The highest BCUT2D eigenvalue weighted by Crippen LogP contribution is 2.15. The van der Waals surface area contributed by atoms with Crippen LogP contribution in [0.25, 0.3) is 0 Å². The minimum atomic E-state index is -0.645. The van der Waals surface area contributed by atoms with E-state index in [2.05, 4.69) is 29.3 Å². The van der Waals surface area contributed by atoms with Gasteiger partial charge in [0, 0.05) is 24.3 Å². The van der Waals surface area contributed by atoms with Crippen LogP contribution in [0.3, 0.4) is 0 Å². The molecule has 2 aromatic rings. The zero-order chi connectivity index (χ0) is 17.5. The first kappa shape index (κ1) is 17.2. The van der Waals surface area contributed by atoms with Gasteiger partial charge in [-0.05, 0) is 44.2 Å². The fraction of sp³-hybridized carbons (Fsp3) is 0.250. The van der Waals surface area contributed by atoms with Crippen molar-refractivity contribution in [2.45, 2.75) is 13.8 Å². The Morgan fingerprint density at radius 3 is 2.46 bits per heavy atom. The quantitative estimate of drug-likeness (QED) is 0.478. The van der Waals surface area contributed by atoms with E-state index in [0.717, 1.165) is 18.8 Å². The highest BCUT2D eigenvalue weighted by atomic mass is 16.6. The number of amides is 1. The normalized spacial score (nSPS) is 10.8. The van der Waals surface area contributed by atoms with Crippen molar-refractivity contribution in [1.82, 2.24) is 5.43 Å². The van der Waals surface area contributed by atoms with Crippen LogP contribution in [0.1, 0.15) is 30.0 Å². The molecule has 2 rings (SSSR count). The van der Waals surface area contributed by atoms with Crippen molar-refractivity contribution in [2.75, 3.05) is 18.0 Å². The van der Waals surface area contributed by atoms with Gasteiger partial charge in [-0.15, -0.1) is 0 Å². The average Bonchev–Trinajstić information content (AvgIpc) is 3.06. The van der Waals surface area contributed by atoms with Gasteiger partial charge in [0.15, 0.2) is 5.76 Å². The van der Waals surface area contributed by atoms with Crippen molar-refractivity contribution in [3.63, 3.8) is 0 Å². The molecule has 0 atom stereocenters. The number of furan rings is 1. The molecular weight excluding hydrogens is 312 g/mol. The van der Waals surface area contributed by atoms with Crippen LogP contribution >= 0.6 is 0 Å². The van der Waals surface area contributed by atoms with E-state index in [1.807, 2.05) is 12.1 Å². The Morgan fingerprint density at radius 2 is 1.92 bits per heavy atom. The van der Waals surface area contributed by atoms with Crippen molar-refractivity contribution in [1.29, 1.82) is 0 Å². The minimum absolute atomic E-state index is 0.180. The third-order valence-corrected chi connectivity index (χ3v) is 3.41. The third kappa shape index (κ3) is 4.19. The number of hydrogen-bond acceptors (Lipinski definition) is 6. The second-order valence-corrected chi connectivity index (χ2v) is 4.85. The number of rotatable bonds is 7. The molecule has 8 nitrogen and oxygen atoms in total. The summed E-state index contributed by atoms with van der Waals surface area (Å²) >= 11 is 0. The first-order valence-electron chi connectivity index (χ1n) is 7.47. The summed E-state index contributed by atoms with van der Waals surface area (Å²) in [6, 6.07) is 9.80. The number of carbonyl (C=O) groups excluding carboxylic acids is 1. The third-order valence-electron chi connectivity index (χ3n) is 3.41. The molecule has 0 bridgehead atoms. The molecule has 0 radical (unpaired) electrons. The van der Waals surface area contributed by atoms with E-state index in [1.165, 1.54) is 18.3 Å². The smallest absolute Gasteiger partial charge is 0.400 e. The first-order valence-corrected chi connectivity index (χ1v) is 7.47. The Labute approximate surface area is 138 Å². The summed E-state index contributed by atoms with van der Waals surface area (Å²) in [5, 5.41) is 14.2. The van der Waals surface area contributed by atoms with Gasteiger partial charge in [0.1, 0.15) is 4.92 Å². The minimum Gasteiger partial charge on any atom is -0.400 e. The van der Waals surface area contributed by atoms with Gasteiger partial charge in [0.25, 0.3) is 5.91 Å². The van der Waals surface area contributed by atoms with E-state index in [1.54, 1.807) is 12.1 Å². The number of nitrogens with zero attached hydrogens (tertiary/aromatic N) is 3. The summed E-state index contributed by atoms with van der Waals surface area (Å²) in [7, 11) is 0. The van der Waals surface area contributed by atoms with Gasteiger partial charge < -0.3 is 9.32 Å². The number of nitro groups is 1. The standard InChI is InChI=1S/C16H18N4O4/c1-3-19(4-2)13-7-5-12(6-8-13)16(21)18-17-11-14-9-10-15(24-14)20(22)23/h5-11H,3-4H2,1-2H3,(H,18,21)/b17-11+. The molecule has 0 fully saturated rings. The maximum Gasteiger partial charge on any atom is 0.433 e. The molecule has 0 unspecified atom stereocenters. The van der Waals surface area contributed by atoms with Gasteiger partial charge in [0.05, 0.1) is 12.3 Å². The molecule has 1 heterocycles. The lowest BCUT2D eigenvalue weighted by Gasteiger charge is -2.20. The van der Waals surface area contributed by atoms with E-state index in [9.17, 15) is 14.9 Å². The van der Waals surface area contributed by atoms with Crippen molar-refractivity contribution in [2.24, 2.45) is 5.10 Å². The zero-order valence-corrected chi connectivity index (χ0v) is 13.4.